The fourth-order valence-electron chi connectivity index (χ4n) is 1.40. The van der Waals surface area contributed by atoms with E-state index in [0.29, 0.717) is 0 Å². The minimum absolute atomic E-state index is 1.03. The van der Waals surface area contributed by atoms with Crippen LogP contribution in [0.2, 0.25) is 0 Å². The lowest BCUT2D eigenvalue weighted by molar-refractivity contribution is 0.324. The van der Waals surface area contributed by atoms with Crippen molar-refractivity contribution >= 4 is 11.8 Å². The van der Waals surface area contributed by atoms with Crippen molar-refractivity contribution in [2.45, 2.75) is 32.3 Å². The standard InChI is InChI=1S/C11H21N3S/c1-4-10-9-12-11(13-10)15-8-7-14(5-2)6-3/h9H,4-8H2,1-3H3,(H,12,13). The second-order valence-corrected chi connectivity index (χ2v) is 4.53. The number of nitrogens with one attached hydrogen (secondary N) is 1. The lowest BCUT2D eigenvalue weighted by Crippen LogP contribution is -2.25. The van der Waals surface area contributed by atoms with Gasteiger partial charge in [0, 0.05) is 24.2 Å². The topological polar surface area (TPSA) is 31.9 Å². The van der Waals surface area contributed by atoms with Gasteiger partial charge in [-0.2, -0.15) is 0 Å². The predicted molar refractivity (Wildman–Crippen MR) is 66.5 cm³/mol. The van der Waals surface area contributed by atoms with Crippen molar-refractivity contribution in [1.82, 2.24) is 14.9 Å². The Bertz CT molecular complexity index is 269. The average molecular weight is 227 g/mol. The van der Waals surface area contributed by atoms with Crippen LogP contribution in [0.1, 0.15) is 26.5 Å². The molecule has 1 aromatic rings. The largest absolute Gasteiger partial charge is 0.337 e. The van der Waals surface area contributed by atoms with Crippen LogP contribution >= 0.6 is 11.8 Å². The molecule has 1 aromatic heterocycles. The molecule has 0 saturated carbocycles. The second kappa shape index (κ2) is 6.90. The SMILES string of the molecule is CCc1cnc(SCCN(CC)CC)[nH]1. The van der Waals surface area contributed by atoms with E-state index in [1.54, 1.807) is 0 Å². The molecule has 0 spiro atoms. The summed E-state index contributed by atoms with van der Waals surface area (Å²) >= 11 is 1.81. The molecule has 0 fully saturated rings. The summed E-state index contributed by atoms with van der Waals surface area (Å²) in [5.74, 6) is 1.11. The number of aryl methyl sites for hydroxylation is 1. The maximum atomic E-state index is 4.32. The van der Waals surface area contributed by atoms with E-state index < -0.39 is 0 Å². The van der Waals surface area contributed by atoms with E-state index in [1.165, 1.54) is 5.69 Å². The molecule has 0 amide bonds. The van der Waals surface area contributed by atoms with Crippen LogP contribution in [0.5, 0.6) is 0 Å². The molecule has 1 N–H and O–H groups in total. The lowest BCUT2D eigenvalue weighted by atomic mass is 10.4. The first kappa shape index (κ1) is 12.6. The van der Waals surface area contributed by atoms with Gasteiger partial charge in [-0.25, -0.2) is 4.98 Å². The van der Waals surface area contributed by atoms with Crippen molar-refractivity contribution in [3.8, 4) is 0 Å². The number of aromatic amines is 1. The summed E-state index contributed by atoms with van der Waals surface area (Å²) in [5, 5.41) is 1.05. The van der Waals surface area contributed by atoms with Gasteiger partial charge >= 0.3 is 0 Å². The summed E-state index contributed by atoms with van der Waals surface area (Å²) in [4.78, 5) is 10.1. The Morgan fingerprint density at radius 3 is 2.60 bits per heavy atom. The van der Waals surface area contributed by atoms with Gasteiger partial charge in [-0.15, -0.1) is 0 Å². The molecule has 0 aliphatic carbocycles. The molecule has 1 rings (SSSR count). The van der Waals surface area contributed by atoms with Gasteiger partial charge < -0.3 is 9.88 Å². The Balaban J connectivity index is 2.25. The number of imidazole rings is 1. The molecule has 0 aromatic carbocycles. The Kier molecular flexibility index (Phi) is 5.79. The molecule has 0 unspecified atom stereocenters. The van der Waals surface area contributed by atoms with E-state index in [1.807, 2.05) is 18.0 Å². The van der Waals surface area contributed by atoms with E-state index in [9.17, 15) is 0 Å². The van der Waals surface area contributed by atoms with Gasteiger partial charge in [-0.05, 0) is 19.5 Å². The van der Waals surface area contributed by atoms with Gasteiger partial charge in [0.1, 0.15) is 0 Å². The van der Waals surface area contributed by atoms with Crippen molar-refractivity contribution in [2.24, 2.45) is 0 Å². The summed E-state index contributed by atoms with van der Waals surface area (Å²) in [5.41, 5.74) is 1.22. The van der Waals surface area contributed by atoms with Crippen LogP contribution in [-0.4, -0.2) is 40.3 Å². The second-order valence-electron chi connectivity index (χ2n) is 3.44. The highest BCUT2D eigenvalue weighted by molar-refractivity contribution is 7.99. The first-order chi connectivity index (χ1) is 7.30. The number of H-pyrrole nitrogens is 1. The van der Waals surface area contributed by atoms with Crippen LogP contribution in [0, 0.1) is 0 Å². The van der Waals surface area contributed by atoms with Crippen LogP contribution in [0.4, 0.5) is 0 Å². The normalized spacial score (nSPS) is 11.2. The Morgan fingerprint density at radius 2 is 2.07 bits per heavy atom. The van der Waals surface area contributed by atoms with Gasteiger partial charge in [-0.1, -0.05) is 32.5 Å². The van der Waals surface area contributed by atoms with Crippen molar-refractivity contribution < 1.29 is 0 Å². The van der Waals surface area contributed by atoms with E-state index in [-0.39, 0.29) is 0 Å². The van der Waals surface area contributed by atoms with E-state index in [4.69, 9.17) is 0 Å². The molecule has 0 saturated heterocycles. The molecular weight excluding hydrogens is 206 g/mol. The summed E-state index contributed by atoms with van der Waals surface area (Å²) in [6.07, 6.45) is 2.96. The highest BCUT2D eigenvalue weighted by Gasteiger charge is 2.02. The summed E-state index contributed by atoms with van der Waals surface area (Å²) in [6, 6.07) is 0. The predicted octanol–water partition coefficient (Wildman–Crippen LogP) is 2.41. The first-order valence-electron chi connectivity index (χ1n) is 5.69. The molecule has 0 bridgehead atoms. The lowest BCUT2D eigenvalue weighted by Gasteiger charge is -2.16. The Labute approximate surface area is 96.7 Å². The minimum Gasteiger partial charge on any atom is -0.337 e. The number of thioether (sulfide) groups is 1. The van der Waals surface area contributed by atoms with Crippen molar-refractivity contribution in [2.75, 3.05) is 25.4 Å². The number of nitrogens with zero attached hydrogens (tertiary/aromatic N) is 2. The average Bonchev–Trinajstić information content (AvgIpc) is 2.72. The summed E-state index contributed by atoms with van der Waals surface area (Å²) in [6.45, 7) is 9.95. The molecular formula is C11H21N3S. The maximum Gasteiger partial charge on any atom is 0.165 e. The summed E-state index contributed by atoms with van der Waals surface area (Å²) in [7, 11) is 0. The zero-order chi connectivity index (χ0) is 11.1. The van der Waals surface area contributed by atoms with Gasteiger partial charge in [0.2, 0.25) is 0 Å². The fourth-order valence-corrected chi connectivity index (χ4v) is 2.28. The number of aromatic nitrogens is 2. The van der Waals surface area contributed by atoms with E-state index >= 15 is 0 Å². The highest BCUT2D eigenvalue weighted by Crippen LogP contribution is 2.13. The third-order valence-corrected chi connectivity index (χ3v) is 3.39. The highest BCUT2D eigenvalue weighted by atomic mass is 32.2. The van der Waals surface area contributed by atoms with Crippen LogP contribution in [-0.2, 0) is 6.42 Å². The monoisotopic (exact) mass is 227 g/mol. The van der Waals surface area contributed by atoms with Gasteiger partial charge in [0.15, 0.2) is 5.16 Å². The zero-order valence-corrected chi connectivity index (χ0v) is 10.7. The van der Waals surface area contributed by atoms with Crippen LogP contribution in [0.15, 0.2) is 11.4 Å². The number of rotatable bonds is 7. The van der Waals surface area contributed by atoms with Crippen molar-refractivity contribution in [3.63, 3.8) is 0 Å². The minimum atomic E-state index is 1.03. The molecule has 0 aliphatic rings. The molecule has 4 heteroatoms. The van der Waals surface area contributed by atoms with Gasteiger partial charge in [0.05, 0.1) is 0 Å². The molecule has 3 nitrogen and oxygen atoms in total. The Morgan fingerprint density at radius 1 is 1.33 bits per heavy atom. The first-order valence-corrected chi connectivity index (χ1v) is 6.67. The van der Waals surface area contributed by atoms with Crippen LogP contribution < -0.4 is 0 Å². The molecule has 86 valence electrons. The molecule has 0 aliphatic heterocycles. The van der Waals surface area contributed by atoms with Crippen LogP contribution in [0.25, 0.3) is 0 Å². The summed E-state index contributed by atoms with van der Waals surface area (Å²) < 4.78 is 0. The van der Waals surface area contributed by atoms with E-state index in [0.717, 1.165) is 37.0 Å². The van der Waals surface area contributed by atoms with Gasteiger partial charge in [0.25, 0.3) is 0 Å². The zero-order valence-electron chi connectivity index (χ0n) is 9.92. The molecule has 15 heavy (non-hydrogen) atoms. The smallest absolute Gasteiger partial charge is 0.165 e. The van der Waals surface area contributed by atoms with E-state index in [2.05, 4.69) is 35.6 Å². The van der Waals surface area contributed by atoms with Crippen molar-refractivity contribution in [1.29, 1.82) is 0 Å². The van der Waals surface area contributed by atoms with Crippen LogP contribution in [0.3, 0.4) is 0 Å². The Hall–Kier alpha value is -0.480. The molecule has 0 atom stereocenters. The molecule has 0 radical (unpaired) electrons. The molecule has 1 heterocycles. The third kappa shape index (κ3) is 4.26. The number of hydrogen-bond acceptors (Lipinski definition) is 3. The fraction of sp³-hybridized carbons (Fsp3) is 0.727. The maximum absolute atomic E-state index is 4.32. The van der Waals surface area contributed by atoms with Crippen molar-refractivity contribution in [3.05, 3.63) is 11.9 Å². The number of hydrogen-bond donors (Lipinski definition) is 1. The van der Waals surface area contributed by atoms with Gasteiger partial charge in [-0.3, -0.25) is 0 Å². The third-order valence-electron chi connectivity index (χ3n) is 2.53. The quantitative estimate of drug-likeness (QED) is 0.726.